The van der Waals surface area contributed by atoms with Crippen LogP contribution in [0.25, 0.3) is 0 Å². The Balaban J connectivity index is 2.50. The van der Waals surface area contributed by atoms with Crippen molar-refractivity contribution >= 4 is 5.97 Å². The number of hydrogen-bond donors (Lipinski definition) is 2. The lowest BCUT2D eigenvalue weighted by atomic mass is 9.77. The van der Waals surface area contributed by atoms with E-state index in [0.29, 0.717) is 17.9 Å². The van der Waals surface area contributed by atoms with Crippen molar-refractivity contribution in [3.05, 3.63) is 0 Å². The normalized spacial score (nSPS) is 31.1. The zero-order valence-electron chi connectivity index (χ0n) is 11.4. The van der Waals surface area contributed by atoms with Crippen molar-refractivity contribution in [2.75, 3.05) is 0 Å². The van der Waals surface area contributed by atoms with Crippen LogP contribution in [0.3, 0.4) is 0 Å². The largest absolute Gasteiger partial charge is 0.480 e. The second-order valence-corrected chi connectivity index (χ2v) is 5.57. The molecule has 0 heterocycles. The second kappa shape index (κ2) is 7.00. The van der Waals surface area contributed by atoms with Crippen LogP contribution in [0.1, 0.15) is 59.3 Å². The molecule has 3 nitrogen and oxygen atoms in total. The standard InChI is InChI=1S/C14H27NO2/c1-4-5-8-13(14(16)17)15-12-9-6-7-10(2)11(12)3/h10-13,15H,4-9H2,1-3H3,(H,16,17). The molecule has 4 unspecified atom stereocenters. The number of unbranched alkanes of at least 4 members (excludes halogenated alkanes) is 1. The summed E-state index contributed by atoms with van der Waals surface area (Å²) in [6, 6.07) is 0.0319. The SMILES string of the molecule is CCCCC(NC1CCCC(C)C1C)C(=O)O. The van der Waals surface area contributed by atoms with Gasteiger partial charge in [-0.1, -0.05) is 46.5 Å². The summed E-state index contributed by atoms with van der Waals surface area (Å²) in [5.74, 6) is 0.609. The lowest BCUT2D eigenvalue weighted by molar-refractivity contribution is -0.140. The van der Waals surface area contributed by atoms with Gasteiger partial charge in [-0.2, -0.15) is 0 Å². The molecule has 1 aliphatic rings. The van der Waals surface area contributed by atoms with Crippen LogP contribution in [0.2, 0.25) is 0 Å². The number of nitrogens with one attached hydrogen (secondary N) is 1. The summed E-state index contributed by atoms with van der Waals surface area (Å²) in [6.07, 6.45) is 6.43. The highest BCUT2D eigenvalue weighted by molar-refractivity contribution is 5.73. The van der Waals surface area contributed by atoms with Gasteiger partial charge in [0.05, 0.1) is 0 Å². The number of carbonyl (C=O) groups is 1. The molecule has 1 fully saturated rings. The molecule has 17 heavy (non-hydrogen) atoms. The van der Waals surface area contributed by atoms with Gasteiger partial charge in [-0.15, -0.1) is 0 Å². The molecule has 0 aromatic heterocycles. The Morgan fingerprint density at radius 1 is 1.41 bits per heavy atom. The highest BCUT2D eigenvalue weighted by Gasteiger charge is 2.30. The van der Waals surface area contributed by atoms with Crippen molar-refractivity contribution in [3.63, 3.8) is 0 Å². The predicted molar refractivity (Wildman–Crippen MR) is 70.1 cm³/mol. The van der Waals surface area contributed by atoms with Crippen molar-refractivity contribution in [2.45, 2.75) is 71.4 Å². The smallest absolute Gasteiger partial charge is 0.320 e. The van der Waals surface area contributed by atoms with E-state index in [1.807, 2.05) is 0 Å². The molecule has 0 aliphatic heterocycles. The maximum Gasteiger partial charge on any atom is 0.320 e. The molecule has 0 aromatic carbocycles. The lowest BCUT2D eigenvalue weighted by Crippen LogP contribution is -2.48. The van der Waals surface area contributed by atoms with Gasteiger partial charge < -0.3 is 10.4 Å². The number of hydrogen-bond acceptors (Lipinski definition) is 2. The first-order chi connectivity index (χ1) is 8.06. The quantitative estimate of drug-likeness (QED) is 0.751. The molecule has 1 saturated carbocycles. The average molecular weight is 241 g/mol. The Hall–Kier alpha value is -0.570. The Morgan fingerprint density at radius 2 is 2.12 bits per heavy atom. The van der Waals surface area contributed by atoms with Crippen LogP contribution in [0.5, 0.6) is 0 Å². The van der Waals surface area contributed by atoms with E-state index in [0.717, 1.165) is 25.7 Å². The van der Waals surface area contributed by atoms with E-state index < -0.39 is 5.97 Å². The van der Waals surface area contributed by atoms with Crippen LogP contribution in [-0.2, 0) is 4.79 Å². The second-order valence-electron chi connectivity index (χ2n) is 5.57. The van der Waals surface area contributed by atoms with E-state index in [-0.39, 0.29) is 6.04 Å². The van der Waals surface area contributed by atoms with Crippen LogP contribution >= 0.6 is 0 Å². The summed E-state index contributed by atoms with van der Waals surface area (Å²) in [5, 5.41) is 12.6. The summed E-state index contributed by atoms with van der Waals surface area (Å²) in [5.41, 5.74) is 0. The molecule has 0 spiro atoms. The van der Waals surface area contributed by atoms with Gasteiger partial charge >= 0.3 is 5.97 Å². The average Bonchev–Trinajstić information content (AvgIpc) is 2.29. The van der Waals surface area contributed by atoms with E-state index in [4.69, 9.17) is 0 Å². The maximum absolute atomic E-state index is 11.2. The van der Waals surface area contributed by atoms with Gasteiger partial charge in [-0.25, -0.2) is 0 Å². The fourth-order valence-electron chi connectivity index (χ4n) is 2.76. The third-order valence-electron chi connectivity index (χ3n) is 4.27. The number of carboxylic acid groups (broad SMARTS) is 1. The highest BCUT2D eigenvalue weighted by Crippen LogP contribution is 2.29. The lowest BCUT2D eigenvalue weighted by Gasteiger charge is -2.36. The molecule has 1 aliphatic carbocycles. The van der Waals surface area contributed by atoms with E-state index in [9.17, 15) is 9.90 Å². The van der Waals surface area contributed by atoms with Gasteiger partial charge in [0, 0.05) is 6.04 Å². The summed E-state index contributed by atoms with van der Waals surface area (Å²) in [4.78, 5) is 11.2. The van der Waals surface area contributed by atoms with Crippen LogP contribution in [-0.4, -0.2) is 23.2 Å². The molecule has 0 amide bonds. The van der Waals surface area contributed by atoms with E-state index in [1.165, 1.54) is 12.8 Å². The summed E-state index contributed by atoms with van der Waals surface area (Å²) in [6.45, 7) is 6.63. The molecule has 0 saturated heterocycles. The zero-order chi connectivity index (χ0) is 12.8. The minimum Gasteiger partial charge on any atom is -0.480 e. The Morgan fingerprint density at radius 3 is 2.71 bits per heavy atom. The van der Waals surface area contributed by atoms with Crippen LogP contribution in [0.4, 0.5) is 0 Å². The topological polar surface area (TPSA) is 49.3 Å². The first-order valence-electron chi connectivity index (χ1n) is 7.05. The maximum atomic E-state index is 11.2. The molecule has 4 atom stereocenters. The Labute approximate surface area is 105 Å². The van der Waals surface area contributed by atoms with Gasteiger partial charge in [0.1, 0.15) is 6.04 Å². The van der Waals surface area contributed by atoms with E-state index >= 15 is 0 Å². The number of aliphatic carboxylic acids is 1. The first-order valence-corrected chi connectivity index (χ1v) is 7.05. The summed E-state index contributed by atoms with van der Waals surface area (Å²) >= 11 is 0. The molecule has 0 radical (unpaired) electrons. The fraction of sp³-hybridized carbons (Fsp3) is 0.929. The van der Waals surface area contributed by atoms with Gasteiger partial charge in [-0.05, 0) is 24.7 Å². The van der Waals surface area contributed by atoms with Gasteiger partial charge in [0.25, 0.3) is 0 Å². The van der Waals surface area contributed by atoms with Crippen LogP contribution in [0, 0.1) is 11.8 Å². The van der Waals surface area contributed by atoms with Crippen molar-refractivity contribution in [2.24, 2.45) is 11.8 Å². The molecule has 0 bridgehead atoms. The predicted octanol–water partition coefficient (Wildman–Crippen LogP) is 3.04. The molecule has 1 rings (SSSR count). The third-order valence-corrected chi connectivity index (χ3v) is 4.27. The first kappa shape index (κ1) is 14.5. The van der Waals surface area contributed by atoms with Gasteiger partial charge in [0.2, 0.25) is 0 Å². The summed E-state index contributed by atoms with van der Waals surface area (Å²) < 4.78 is 0. The Bertz CT molecular complexity index is 242. The number of carboxylic acids is 1. The van der Waals surface area contributed by atoms with Gasteiger partial charge in [0.15, 0.2) is 0 Å². The highest BCUT2D eigenvalue weighted by atomic mass is 16.4. The van der Waals surface area contributed by atoms with Gasteiger partial charge in [-0.3, -0.25) is 4.79 Å². The van der Waals surface area contributed by atoms with Crippen LogP contribution in [0.15, 0.2) is 0 Å². The fourth-order valence-corrected chi connectivity index (χ4v) is 2.76. The van der Waals surface area contributed by atoms with Crippen LogP contribution < -0.4 is 5.32 Å². The number of rotatable bonds is 6. The molecule has 3 heteroatoms. The van der Waals surface area contributed by atoms with E-state index in [1.54, 1.807) is 0 Å². The molecule has 100 valence electrons. The zero-order valence-corrected chi connectivity index (χ0v) is 11.4. The molecular weight excluding hydrogens is 214 g/mol. The minimum atomic E-state index is -0.691. The van der Waals surface area contributed by atoms with Crippen molar-refractivity contribution in [3.8, 4) is 0 Å². The Kier molecular flexibility index (Phi) is 5.96. The third kappa shape index (κ3) is 4.30. The van der Waals surface area contributed by atoms with Crippen molar-refractivity contribution < 1.29 is 9.90 Å². The summed E-state index contributed by atoms with van der Waals surface area (Å²) in [7, 11) is 0. The van der Waals surface area contributed by atoms with Crippen molar-refractivity contribution in [1.29, 1.82) is 0 Å². The van der Waals surface area contributed by atoms with E-state index in [2.05, 4.69) is 26.1 Å². The molecule has 2 N–H and O–H groups in total. The molecule has 0 aromatic rings. The molecular formula is C14H27NO2. The van der Waals surface area contributed by atoms with Crippen molar-refractivity contribution in [1.82, 2.24) is 5.32 Å². The minimum absolute atomic E-state index is 0.354. The monoisotopic (exact) mass is 241 g/mol.